The minimum Gasteiger partial charge on any atom is -0.369 e. The fourth-order valence-corrected chi connectivity index (χ4v) is 2.26. The molecule has 1 aromatic rings. The zero-order valence-corrected chi connectivity index (χ0v) is 10.1. The summed E-state index contributed by atoms with van der Waals surface area (Å²) in [4.78, 5) is 11.1. The molecule has 1 rings (SSSR count). The molecule has 6 heteroatoms. The van der Waals surface area contributed by atoms with Crippen LogP contribution in [0.2, 0.25) is 0 Å². The number of carbonyl (C=O) groups excluding carboxylic acids is 1. The lowest BCUT2D eigenvalue weighted by atomic mass is 9.99. The van der Waals surface area contributed by atoms with Crippen LogP contribution in [0, 0.1) is 0 Å². The molecule has 0 aliphatic rings. The summed E-state index contributed by atoms with van der Waals surface area (Å²) in [5.74, 6) is -1.01. The van der Waals surface area contributed by atoms with Gasteiger partial charge in [-0.25, -0.2) is 0 Å². The Bertz CT molecular complexity index is 307. The van der Waals surface area contributed by atoms with E-state index in [4.69, 9.17) is 40.5 Å². The Kier molecular flexibility index (Phi) is 4.07. The summed E-state index contributed by atoms with van der Waals surface area (Å²) in [6.07, 6.45) is 0.101. The van der Waals surface area contributed by atoms with Crippen molar-refractivity contribution < 1.29 is 4.79 Å². The lowest BCUT2D eigenvalue weighted by Crippen LogP contribution is -2.25. The zero-order valence-electron chi connectivity index (χ0n) is 7.04. The topological polar surface area (TPSA) is 43.1 Å². The molecule has 0 spiro atoms. The number of amides is 1. The van der Waals surface area contributed by atoms with Gasteiger partial charge < -0.3 is 5.73 Å². The third-order valence-corrected chi connectivity index (χ3v) is 2.89. The molecular weight excluding hydrogens is 265 g/mol. The van der Waals surface area contributed by atoms with Gasteiger partial charge >= 0.3 is 0 Å². The summed E-state index contributed by atoms with van der Waals surface area (Å²) < 4.78 is -1.46. The lowest BCUT2D eigenvalue weighted by Gasteiger charge is -2.17. The van der Waals surface area contributed by atoms with Gasteiger partial charge in [0.15, 0.2) is 3.79 Å². The first kappa shape index (κ1) is 12.1. The average molecular weight is 273 g/mol. The molecule has 0 saturated carbocycles. The van der Waals surface area contributed by atoms with Gasteiger partial charge in [0.1, 0.15) is 0 Å². The van der Waals surface area contributed by atoms with Crippen molar-refractivity contribution in [3.63, 3.8) is 0 Å². The van der Waals surface area contributed by atoms with E-state index in [0.717, 1.165) is 5.56 Å². The van der Waals surface area contributed by atoms with Gasteiger partial charge in [-0.05, 0) is 22.4 Å². The normalized spacial score (nSPS) is 13.9. The molecule has 2 N–H and O–H groups in total. The second-order valence-electron chi connectivity index (χ2n) is 2.83. The van der Waals surface area contributed by atoms with Crippen molar-refractivity contribution in [3.05, 3.63) is 22.4 Å². The molecule has 1 heterocycles. The highest BCUT2D eigenvalue weighted by molar-refractivity contribution is 7.08. The van der Waals surface area contributed by atoms with Crippen LogP contribution in [0.25, 0.3) is 0 Å². The van der Waals surface area contributed by atoms with Crippen LogP contribution >= 0.6 is 46.1 Å². The van der Waals surface area contributed by atoms with Crippen LogP contribution in [0.15, 0.2) is 16.8 Å². The van der Waals surface area contributed by atoms with E-state index in [1.807, 2.05) is 10.8 Å². The minimum absolute atomic E-state index is 0.101. The van der Waals surface area contributed by atoms with Gasteiger partial charge in [-0.3, -0.25) is 4.79 Å². The quantitative estimate of drug-likeness (QED) is 0.844. The number of carbonyl (C=O) groups is 1. The Morgan fingerprint density at radius 2 is 2.21 bits per heavy atom. The van der Waals surface area contributed by atoms with E-state index in [2.05, 4.69) is 0 Å². The van der Waals surface area contributed by atoms with E-state index in [1.54, 1.807) is 6.07 Å². The van der Waals surface area contributed by atoms with Gasteiger partial charge in [0, 0.05) is 6.42 Å². The van der Waals surface area contributed by atoms with Crippen molar-refractivity contribution >= 4 is 52.0 Å². The number of halogens is 3. The summed E-state index contributed by atoms with van der Waals surface area (Å²) in [6, 6.07) is 1.80. The number of rotatable bonds is 3. The van der Waals surface area contributed by atoms with Crippen LogP contribution in [0.5, 0.6) is 0 Å². The Hall–Kier alpha value is 0.0400. The molecule has 1 atom stereocenters. The maximum absolute atomic E-state index is 11.1. The second kappa shape index (κ2) is 4.71. The van der Waals surface area contributed by atoms with Gasteiger partial charge in [-0.1, -0.05) is 34.8 Å². The summed E-state index contributed by atoms with van der Waals surface area (Å²) in [5, 5.41) is 3.68. The fraction of sp³-hybridized carbons (Fsp3) is 0.375. The monoisotopic (exact) mass is 271 g/mol. The number of alkyl halides is 3. The van der Waals surface area contributed by atoms with Gasteiger partial charge in [-0.15, -0.1) is 0 Å². The number of hydrogen-bond acceptors (Lipinski definition) is 2. The van der Waals surface area contributed by atoms with Gasteiger partial charge in [0.25, 0.3) is 0 Å². The third-order valence-electron chi connectivity index (χ3n) is 1.72. The number of nitrogens with two attached hydrogens (primary N) is 1. The number of hydrogen-bond donors (Lipinski definition) is 1. The SMILES string of the molecule is NC(=O)C(CC(Cl)(Cl)Cl)c1ccsc1. The molecule has 0 saturated heterocycles. The third kappa shape index (κ3) is 3.65. The second-order valence-corrected chi connectivity index (χ2v) is 6.13. The Balaban J connectivity index is 2.82. The van der Waals surface area contributed by atoms with Crippen LogP contribution in [0.3, 0.4) is 0 Å². The van der Waals surface area contributed by atoms with E-state index < -0.39 is 15.6 Å². The molecule has 0 bridgehead atoms. The largest absolute Gasteiger partial charge is 0.369 e. The lowest BCUT2D eigenvalue weighted by molar-refractivity contribution is -0.119. The highest BCUT2D eigenvalue weighted by atomic mass is 35.6. The smallest absolute Gasteiger partial charge is 0.225 e. The zero-order chi connectivity index (χ0) is 10.8. The molecule has 0 fully saturated rings. The van der Waals surface area contributed by atoms with Gasteiger partial charge in [0.05, 0.1) is 5.92 Å². The summed E-state index contributed by atoms with van der Waals surface area (Å²) >= 11 is 18.3. The maximum atomic E-state index is 11.1. The molecule has 2 nitrogen and oxygen atoms in total. The molecule has 1 unspecified atom stereocenters. The molecule has 78 valence electrons. The molecule has 1 amide bonds. The molecule has 1 aromatic heterocycles. The Labute approximate surface area is 101 Å². The van der Waals surface area contributed by atoms with E-state index >= 15 is 0 Å². The van der Waals surface area contributed by atoms with Crippen LogP contribution in [-0.4, -0.2) is 9.70 Å². The van der Waals surface area contributed by atoms with Crippen molar-refractivity contribution in [2.75, 3.05) is 0 Å². The first-order valence-electron chi connectivity index (χ1n) is 3.78. The molecule has 14 heavy (non-hydrogen) atoms. The molecule has 0 radical (unpaired) electrons. The van der Waals surface area contributed by atoms with Crippen LogP contribution < -0.4 is 5.73 Å². The number of primary amides is 1. The summed E-state index contributed by atoms with van der Waals surface area (Å²) in [5.41, 5.74) is 6.02. The first-order chi connectivity index (χ1) is 6.40. The van der Waals surface area contributed by atoms with E-state index in [0.29, 0.717) is 0 Å². The standard InChI is InChI=1S/C8H8Cl3NOS/c9-8(10,11)3-6(7(12)13)5-1-2-14-4-5/h1-2,4,6H,3H2,(H2,12,13). The molecular formula is C8H8Cl3NOS. The van der Waals surface area contributed by atoms with E-state index in [9.17, 15) is 4.79 Å². The Morgan fingerprint density at radius 1 is 1.57 bits per heavy atom. The van der Waals surface area contributed by atoms with Crippen molar-refractivity contribution in [2.45, 2.75) is 16.1 Å². The first-order valence-corrected chi connectivity index (χ1v) is 5.86. The van der Waals surface area contributed by atoms with Gasteiger partial charge in [0.2, 0.25) is 5.91 Å². The van der Waals surface area contributed by atoms with Gasteiger partial charge in [-0.2, -0.15) is 11.3 Å². The van der Waals surface area contributed by atoms with Crippen molar-refractivity contribution in [3.8, 4) is 0 Å². The average Bonchev–Trinajstić information content (AvgIpc) is 2.49. The van der Waals surface area contributed by atoms with Crippen molar-refractivity contribution in [1.82, 2.24) is 0 Å². The summed E-state index contributed by atoms with van der Waals surface area (Å²) in [6.45, 7) is 0. The summed E-state index contributed by atoms with van der Waals surface area (Å²) in [7, 11) is 0. The predicted molar refractivity (Wildman–Crippen MR) is 61.2 cm³/mol. The fourth-order valence-electron chi connectivity index (χ4n) is 1.09. The highest BCUT2D eigenvalue weighted by Gasteiger charge is 2.30. The highest BCUT2D eigenvalue weighted by Crippen LogP contribution is 2.37. The Morgan fingerprint density at radius 3 is 2.57 bits per heavy atom. The van der Waals surface area contributed by atoms with Crippen LogP contribution in [0.1, 0.15) is 17.9 Å². The minimum atomic E-state index is -1.46. The molecule has 0 aliphatic heterocycles. The molecule has 0 aromatic carbocycles. The van der Waals surface area contributed by atoms with E-state index in [1.165, 1.54) is 11.3 Å². The van der Waals surface area contributed by atoms with E-state index in [-0.39, 0.29) is 6.42 Å². The van der Waals surface area contributed by atoms with Crippen LogP contribution in [-0.2, 0) is 4.79 Å². The molecule has 0 aliphatic carbocycles. The predicted octanol–water partition coefficient (Wildman–Crippen LogP) is 3.08. The van der Waals surface area contributed by atoms with Crippen LogP contribution in [0.4, 0.5) is 0 Å². The van der Waals surface area contributed by atoms with Crippen molar-refractivity contribution in [1.29, 1.82) is 0 Å². The maximum Gasteiger partial charge on any atom is 0.225 e. The van der Waals surface area contributed by atoms with Crippen molar-refractivity contribution in [2.24, 2.45) is 5.73 Å². The number of thiophene rings is 1.